The van der Waals surface area contributed by atoms with Crippen molar-refractivity contribution < 1.29 is 4.42 Å². The van der Waals surface area contributed by atoms with Crippen molar-refractivity contribution in [2.75, 3.05) is 0 Å². The van der Waals surface area contributed by atoms with Crippen LogP contribution in [-0.2, 0) is 0 Å². The van der Waals surface area contributed by atoms with E-state index in [0.717, 1.165) is 60.0 Å². The van der Waals surface area contributed by atoms with E-state index in [4.69, 9.17) is 19.4 Å². The number of hydrogen-bond donors (Lipinski definition) is 0. The number of nitrogens with zero attached hydrogens (tertiary/aromatic N) is 4. The van der Waals surface area contributed by atoms with Crippen LogP contribution >= 0.6 is 11.3 Å². The lowest BCUT2D eigenvalue weighted by atomic mass is 10.0. The Morgan fingerprint density at radius 3 is 1.69 bits per heavy atom. The maximum Gasteiger partial charge on any atom is 0.166 e. The zero-order valence-corrected chi connectivity index (χ0v) is 32.2. The third-order valence-electron chi connectivity index (χ3n) is 11.8. The third-order valence-corrected chi connectivity index (χ3v) is 13.0. The summed E-state index contributed by atoms with van der Waals surface area (Å²) in [6, 6.07) is 64.4. The Kier molecular flexibility index (Phi) is 6.82. The molecule has 0 amide bonds. The molecule has 5 nitrogen and oxygen atoms in total. The molecule has 0 saturated carbocycles. The third kappa shape index (κ3) is 4.94. The highest BCUT2D eigenvalue weighted by molar-refractivity contribution is 7.26. The molecule has 0 bridgehead atoms. The highest BCUT2D eigenvalue weighted by atomic mass is 32.1. The van der Waals surface area contributed by atoms with Gasteiger partial charge in [-0.3, -0.25) is 0 Å². The van der Waals surface area contributed by atoms with E-state index in [-0.39, 0.29) is 0 Å². The molecule has 274 valence electrons. The summed E-state index contributed by atoms with van der Waals surface area (Å²) in [5, 5.41) is 11.6. The van der Waals surface area contributed by atoms with Crippen molar-refractivity contribution in [2.24, 2.45) is 0 Å². The fourth-order valence-electron chi connectivity index (χ4n) is 9.03. The predicted molar refractivity (Wildman–Crippen MR) is 246 cm³/mol. The first-order valence-electron chi connectivity index (χ1n) is 19.8. The van der Waals surface area contributed by atoms with Crippen LogP contribution in [0.2, 0.25) is 0 Å². The second-order valence-corrected chi connectivity index (χ2v) is 16.2. The first-order chi connectivity index (χ1) is 29.2. The van der Waals surface area contributed by atoms with Gasteiger partial charge >= 0.3 is 0 Å². The van der Waals surface area contributed by atoms with Crippen molar-refractivity contribution in [3.8, 4) is 39.9 Å². The number of aromatic nitrogens is 4. The number of rotatable bonds is 4. The first-order valence-corrected chi connectivity index (χ1v) is 20.6. The van der Waals surface area contributed by atoms with E-state index in [0.29, 0.717) is 17.5 Å². The van der Waals surface area contributed by atoms with E-state index < -0.39 is 0 Å². The number of furan rings is 1. The molecule has 0 saturated heterocycles. The first kappa shape index (κ1) is 32.4. The molecule has 0 unspecified atom stereocenters. The summed E-state index contributed by atoms with van der Waals surface area (Å²) in [7, 11) is 0. The number of thiophene rings is 1. The minimum atomic E-state index is 0.589. The molecule has 59 heavy (non-hydrogen) atoms. The largest absolute Gasteiger partial charge is 0.456 e. The number of fused-ring (bicyclic) bond motifs is 11. The molecule has 4 aromatic heterocycles. The summed E-state index contributed by atoms with van der Waals surface area (Å²) in [4.78, 5) is 16.1. The van der Waals surface area contributed by atoms with E-state index in [9.17, 15) is 0 Å². The molecule has 0 N–H and O–H groups in total. The average molecular weight is 771 g/mol. The molecule has 13 rings (SSSR count). The molecule has 0 aliphatic rings. The Hall–Kier alpha value is -7.67. The second kappa shape index (κ2) is 12.4. The minimum Gasteiger partial charge on any atom is -0.456 e. The maximum absolute atomic E-state index is 6.64. The van der Waals surface area contributed by atoms with Gasteiger partial charge in [0.05, 0.1) is 16.7 Å². The zero-order valence-electron chi connectivity index (χ0n) is 31.4. The average Bonchev–Trinajstić information content (AvgIpc) is 3.96. The minimum absolute atomic E-state index is 0.589. The van der Waals surface area contributed by atoms with Gasteiger partial charge in [0.15, 0.2) is 17.5 Å². The Balaban J connectivity index is 1.18. The van der Waals surface area contributed by atoms with Crippen LogP contribution in [0.15, 0.2) is 186 Å². The molecule has 0 aliphatic carbocycles. The highest BCUT2D eigenvalue weighted by Crippen LogP contribution is 2.44. The van der Waals surface area contributed by atoms with Crippen molar-refractivity contribution >= 4 is 96.8 Å². The van der Waals surface area contributed by atoms with Gasteiger partial charge in [-0.15, -0.1) is 11.3 Å². The van der Waals surface area contributed by atoms with Crippen LogP contribution < -0.4 is 0 Å². The zero-order chi connectivity index (χ0) is 38.6. The molecular weight excluding hydrogens is 741 g/mol. The lowest BCUT2D eigenvalue weighted by Crippen LogP contribution is -2.04. The van der Waals surface area contributed by atoms with Crippen molar-refractivity contribution in [1.82, 2.24) is 19.5 Å². The molecular formula is C53H30N4OS. The summed E-state index contributed by atoms with van der Waals surface area (Å²) >= 11 is 1.78. The van der Waals surface area contributed by atoms with Crippen LogP contribution in [0.1, 0.15) is 0 Å². The predicted octanol–water partition coefficient (Wildman–Crippen LogP) is 14.5. The Morgan fingerprint density at radius 1 is 0.390 bits per heavy atom. The van der Waals surface area contributed by atoms with E-state index in [1.807, 2.05) is 30.3 Å². The Bertz CT molecular complexity index is 3770. The van der Waals surface area contributed by atoms with Gasteiger partial charge in [-0.1, -0.05) is 127 Å². The van der Waals surface area contributed by atoms with Gasteiger partial charge < -0.3 is 8.98 Å². The van der Waals surface area contributed by atoms with Gasteiger partial charge in [-0.05, 0) is 70.1 Å². The van der Waals surface area contributed by atoms with Gasteiger partial charge in [-0.2, -0.15) is 0 Å². The van der Waals surface area contributed by atoms with Crippen molar-refractivity contribution in [3.63, 3.8) is 0 Å². The highest BCUT2D eigenvalue weighted by Gasteiger charge is 2.24. The molecule has 6 heteroatoms. The summed E-state index contributed by atoms with van der Waals surface area (Å²) in [5.41, 5.74) is 7.54. The summed E-state index contributed by atoms with van der Waals surface area (Å²) < 4.78 is 11.4. The topological polar surface area (TPSA) is 56.7 Å². The Labute approximate surface area is 341 Å². The Morgan fingerprint density at radius 2 is 0.966 bits per heavy atom. The quantitative estimate of drug-likeness (QED) is 0.179. The smallest absolute Gasteiger partial charge is 0.166 e. The molecule has 0 spiro atoms. The van der Waals surface area contributed by atoms with Crippen LogP contribution in [0.3, 0.4) is 0 Å². The molecule has 0 fully saturated rings. The molecule has 4 heterocycles. The van der Waals surface area contributed by atoms with Gasteiger partial charge in [0.25, 0.3) is 0 Å². The molecule has 9 aromatic carbocycles. The van der Waals surface area contributed by atoms with Gasteiger partial charge in [0, 0.05) is 64.5 Å². The van der Waals surface area contributed by atoms with Gasteiger partial charge in [0.2, 0.25) is 0 Å². The summed E-state index contributed by atoms with van der Waals surface area (Å²) in [5.74, 6) is 1.84. The van der Waals surface area contributed by atoms with Crippen LogP contribution in [-0.4, -0.2) is 19.5 Å². The number of para-hydroxylation sites is 1. The van der Waals surface area contributed by atoms with Crippen molar-refractivity contribution in [3.05, 3.63) is 182 Å². The van der Waals surface area contributed by atoms with Crippen LogP contribution in [0.25, 0.3) is 125 Å². The van der Waals surface area contributed by atoms with Gasteiger partial charge in [0.1, 0.15) is 11.2 Å². The fraction of sp³-hybridized carbons (Fsp3) is 0. The van der Waals surface area contributed by atoms with E-state index in [2.05, 4.69) is 156 Å². The standard InChI is InChI=1S/C53H30N4OS/c1-2-13-31(14-3-1)51-54-52(39-22-12-21-38-37-20-9-11-24-49(37)59-50(38)39)56-53(55-51)43-29-42-36-19-8-10-23-47(36)58-48(42)30-46(43)57-44-27-34-17-6-4-15-32(34)25-40(44)41-26-33-16-5-7-18-35(33)28-45(41)57/h1-30H. The van der Waals surface area contributed by atoms with Crippen LogP contribution in [0, 0.1) is 0 Å². The molecule has 0 atom stereocenters. The summed E-state index contributed by atoms with van der Waals surface area (Å²) in [6.07, 6.45) is 0. The van der Waals surface area contributed by atoms with E-state index in [1.54, 1.807) is 11.3 Å². The molecule has 0 radical (unpaired) electrons. The summed E-state index contributed by atoms with van der Waals surface area (Å²) in [6.45, 7) is 0. The van der Waals surface area contributed by atoms with Gasteiger partial charge in [-0.25, -0.2) is 15.0 Å². The molecule has 13 aromatic rings. The molecule has 0 aliphatic heterocycles. The van der Waals surface area contributed by atoms with Crippen LogP contribution in [0.4, 0.5) is 0 Å². The lowest BCUT2D eigenvalue weighted by molar-refractivity contribution is 0.668. The maximum atomic E-state index is 6.64. The van der Waals surface area contributed by atoms with Crippen molar-refractivity contribution in [2.45, 2.75) is 0 Å². The van der Waals surface area contributed by atoms with E-state index >= 15 is 0 Å². The number of hydrogen-bond acceptors (Lipinski definition) is 5. The SMILES string of the molecule is c1ccc(-c2nc(-c3cc4c(cc3-n3c5cc6ccccc6cc5c5cc6ccccc6cc53)oc3ccccc34)nc(-c3cccc4c3sc3ccccc34)n2)cc1. The fourth-order valence-corrected chi connectivity index (χ4v) is 10.2. The normalized spacial score (nSPS) is 12.1. The van der Waals surface area contributed by atoms with Crippen molar-refractivity contribution in [1.29, 1.82) is 0 Å². The van der Waals surface area contributed by atoms with E-state index in [1.165, 1.54) is 47.8 Å². The number of benzene rings is 9. The monoisotopic (exact) mass is 770 g/mol. The lowest BCUT2D eigenvalue weighted by Gasteiger charge is -2.15. The second-order valence-electron chi connectivity index (χ2n) is 15.2. The van der Waals surface area contributed by atoms with Crippen LogP contribution in [0.5, 0.6) is 0 Å².